The maximum absolute atomic E-state index is 6.10. The number of hydrogen-bond donors (Lipinski definition) is 2. The maximum atomic E-state index is 6.10. The summed E-state index contributed by atoms with van der Waals surface area (Å²) in [6.45, 7) is 6.51. The Morgan fingerprint density at radius 2 is 2.00 bits per heavy atom. The van der Waals surface area contributed by atoms with Crippen LogP contribution in [-0.4, -0.2) is 44.2 Å². The molecular formula is C17H28N4O. The van der Waals surface area contributed by atoms with E-state index in [4.69, 9.17) is 10.5 Å². The van der Waals surface area contributed by atoms with Gasteiger partial charge in [-0.2, -0.15) is 0 Å². The lowest BCUT2D eigenvalue weighted by atomic mass is 10.00. The zero-order valence-electron chi connectivity index (χ0n) is 13.7. The molecule has 5 nitrogen and oxygen atoms in total. The summed E-state index contributed by atoms with van der Waals surface area (Å²) in [6, 6.07) is 8.31. The first-order valence-corrected chi connectivity index (χ1v) is 8.05. The van der Waals surface area contributed by atoms with Gasteiger partial charge in [0.2, 0.25) is 0 Å². The van der Waals surface area contributed by atoms with Crippen molar-refractivity contribution >= 4 is 11.6 Å². The van der Waals surface area contributed by atoms with E-state index in [1.165, 1.54) is 18.4 Å². The number of rotatable bonds is 6. The third kappa shape index (κ3) is 5.22. The molecule has 0 amide bonds. The lowest BCUT2D eigenvalue weighted by Gasteiger charge is -2.31. The molecular weight excluding hydrogens is 276 g/mol. The number of guanidine groups is 1. The minimum absolute atomic E-state index is 0.635. The highest BCUT2D eigenvalue weighted by atomic mass is 16.5. The van der Waals surface area contributed by atoms with Gasteiger partial charge in [0.25, 0.3) is 0 Å². The third-order valence-corrected chi connectivity index (χ3v) is 4.12. The van der Waals surface area contributed by atoms with Crippen LogP contribution in [0.5, 0.6) is 0 Å². The standard InChI is InChI=1S/C17H28N4O/c1-14-7-10-21(11-8-14)17(18)20-13-15-3-5-16(6-4-15)19-9-12-22-2/h3-6,14,19H,7-13H2,1-2H3,(H2,18,20). The van der Waals surface area contributed by atoms with Crippen molar-refractivity contribution in [1.82, 2.24) is 4.90 Å². The smallest absolute Gasteiger partial charge is 0.191 e. The van der Waals surface area contributed by atoms with Crippen LogP contribution in [0.15, 0.2) is 29.3 Å². The summed E-state index contributed by atoms with van der Waals surface area (Å²) in [5.41, 5.74) is 8.37. The van der Waals surface area contributed by atoms with Gasteiger partial charge in [-0.1, -0.05) is 19.1 Å². The molecule has 3 N–H and O–H groups in total. The Hall–Kier alpha value is -1.75. The average Bonchev–Trinajstić information content (AvgIpc) is 2.55. The summed E-state index contributed by atoms with van der Waals surface area (Å²) in [5.74, 6) is 1.48. The minimum atomic E-state index is 0.635. The number of hydrogen-bond acceptors (Lipinski definition) is 3. The van der Waals surface area contributed by atoms with Gasteiger partial charge in [0.1, 0.15) is 0 Å². The lowest BCUT2D eigenvalue weighted by Crippen LogP contribution is -2.42. The molecule has 1 heterocycles. The Bertz CT molecular complexity index is 464. The topological polar surface area (TPSA) is 62.9 Å². The predicted octanol–water partition coefficient (Wildman–Crippen LogP) is 2.29. The molecule has 1 aliphatic rings. The van der Waals surface area contributed by atoms with Crippen LogP contribution in [0.2, 0.25) is 0 Å². The molecule has 0 bridgehead atoms. The molecule has 0 aromatic heterocycles. The maximum Gasteiger partial charge on any atom is 0.191 e. The fourth-order valence-electron chi connectivity index (χ4n) is 2.54. The number of nitrogens with two attached hydrogens (primary N) is 1. The van der Waals surface area contributed by atoms with Gasteiger partial charge in [0.05, 0.1) is 13.2 Å². The second-order valence-electron chi connectivity index (χ2n) is 5.96. The molecule has 1 aromatic rings. The minimum Gasteiger partial charge on any atom is -0.383 e. The molecule has 1 saturated heterocycles. The largest absolute Gasteiger partial charge is 0.383 e. The van der Waals surface area contributed by atoms with E-state index >= 15 is 0 Å². The molecule has 0 spiro atoms. The Morgan fingerprint density at radius 1 is 1.32 bits per heavy atom. The van der Waals surface area contributed by atoms with Gasteiger partial charge in [0.15, 0.2) is 5.96 Å². The van der Waals surface area contributed by atoms with E-state index in [1.807, 2.05) is 0 Å². The number of aliphatic imine (C=N–C) groups is 1. The SMILES string of the molecule is COCCNc1ccc(CN=C(N)N2CCC(C)CC2)cc1. The molecule has 0 aliphatic carbocycles. The Kier molecular flexibility index (Phi) is 6.52. The number of nitrogens with one attached hydrogen (secondary N) is 1. The first kappa shape index (κ1) is 16.6. The number of benzene rings is 1. The predicted molar refractivity (Wildman–Crippen MR) is 92.1 cm³/mol. The van der Waals surface area contributed by atoms with Crippen molar-refractivity contribution in [3.8, 4) is 0 Å². The molecule has 1 aliphatic heterocycles. The molecule has 5 heteroatoms. The second-order valence-corrected chi connectivity index (χ2v) is 5.96. The Balaban J connectivity index is 1.81. The van der Waals surface area contributed by atoms with E-state index in [0.29, 0.717) is 19.1 Å². The average molecular weight is 304 g/mol. The van der Waals surface area contributed by atoms with Crippen LogP contribution in [0.4, 0.5) is 5.69 Å². The number of likely N-dealkylation sites (tertiary alicyclic amines) is 1. The van der Waals surface area contributed by atoms with Crippen LogP contribution in [0, 0.1) is 5.92 Å². The summed E-state index contributed by atoms with van der Waals surface area (Å²) >= 11 is 0. The van der Waals surface area contributed by atoms with Crippen molar-refractivity contribution in [2.24, 2.45) is 16.6 Å². The van der Waals surface area contributed by atoms with Crippen molar-refractivity contribution in [3.63, 3.8) is 0 Å². The van der Waals surface area contributed by atoms with Crippen LogP contribution in [0.1, 0.15) is 25.3 Å². The zero-order valence-corrected chi connectivity index (χ0v) is 13.7. The van der Waals surface area contributed by atoms with Gasteiger partial charge < -0.3 is 20.7 Å². The fourth-order valence-corrected chi connectivity index (χ4v) is 2.54. The first-order valence-electron chi connectivity index (χ1n) is 8.05. The van der Waals surface area contributed by atoms with Crippen LogP contribution >= 0.6 is 0 Å². The van der Waals surface area contributed by atoms with Crippen LogP contribution in [-0.2, 0) is 11.3 Å². The van der Waals surface area contributed by atoms with E-state index in [0.717, 1.165) is 31.2 Å². The van der Waals surface area contributed by atoms with Crippen molar-refractivity contribution in [2.75, 3.05) is 38.7 Å². The van der Waals surface area contributed by atoms with Crippen molar-refractivity contribution < 1.29 is 4.74 Å². The fraction of sp³-hybridized carbons (Fsp3) is 0.588. The van der Waals surface area contributed by atoms with Crippen molar-refractivity contribution in [2.45, 2.75) is 26.3 Å². The normalized spacial score (nSPS) is 16.8. The highest BCUT2D eigenvalue weighted by Gasteiger charge is 2.16. The van der Waals surface area contributed by atoms with E-state index in [-0.39, 0.29) is 0 Å². The monoisotopic (exact) mass is 304 g/mol. The zero-order chi connectivity index (χ0) is 15.8. The molecule has 2 rings (SSSR count). The van der Waals surface area contributed by atoms with Gasteiger partial charge in [-0.25, -0.2) is 4.99 Å². The molecule has 0 radical (unpaired) electrons. The van der Waals surface area contributed by atoms with Crippen LogP contribution in [0.3, 0.4) is 0 Å². The van der Waals surface area contributed by atoms with Gasteiger partial charge in [-0.05, 0) is 36.5 Å². The van der Waals surface area contributed by atoms with E-state index in [1.54, 1.807) is 7.11 Å². The quantitative estimate of drug-likeness (QED) is 0.481. The first-order chi connectivity index (χ1) is 10.7. The molecule has 0 saturated carbocycles. The molecule has 122 valence electrons. The highest BCUT2D eigenvalue weighted by Crippen LogP contribution is 2.16. The number of methoxy groups -OCH3 is 1. The van der Waals surface area contributed by atoms with Crippen molar-refractivity contribution in [3.05, 3.63) is 29.8 Å². The number of anilines is 1. The lowest BCUT2D eigenvalue weighted by molar-refractivity contribution is 0.211. The van der Waals surface area contributed by atoms with Gasteiger partial charge >= 0.3 is 0 Å². The Labute approximate surface area is 133 Å². The van der Waals surface area contributed by atoms with Crippen molar-refractivity contribution in [1.29, 1.82) is 0 Å². The Morgan fingerprint density at radius 3 is 2.64 bits per heavy atom. The van der Waals surface area contributed by atoms with E-state index in [9.17, 15) is 0 Å². The summed E-state index contributed by atoms with van der Waals surface area (Å²) in [6.07, 6.45) is 2.41. The number of ether oxygens (including phenoxy) is 1. The third-order valence-electron chi connectivity index (χ3n) is 4.12. The number of piperidine rings is 1. The molecule has 22 heavy (non-hydrogen) atoms. The summed E-state index contributed by atoms with van der Waals surface area (Å²) in [7, 11) is 1.70. The summed E-state index contributed by atoms with van der Waals surface area (Å²) in [5, 5.41) is 3.30. The van der Waals surface area contributed by atoms with Gasteiger partial charge in [-0.15, -0.1) is 0 Å². The molecule has 0 unspecified atom stereocenters. The van der Waals surface area contributed by atoms with Crippen LogP contribution < -0.4 is 11.1 Å². The van der Waals surface area contributed by atoms with Gasteiger partial charge in [-0.3, -0.25) is 0 Å². The highest BCUT2D eigenvalue weighted by molar-refractivity contribution is 5.78. The number of nitrogens with zero attached hydrogens (tertiary/aromatic N) is 2. The van der Waals surface area contributed by atoms with E-state index in [2.05, 4.69) is 46.4 Å². The van der Waals surface area contributed by atoms with Crippen LogP contribution in [0.25, 0.3) is 0 Å². The molecule has 1 aromatic carbocycles. The summed E-state index contributed by atoms with van der Waals surface area (Å²) < 4.78 is 5.02. The molecule has 0 atom stereocenters. The molecule has 1 fully saturated rings. The second kappa shape index (κ2) is 8.63. The van der Waals surface area contributed by atoms with E-state index < -0.39 is 0 Å². The van der Waals surface area contributed by atoms with Gasteiger partial charge in [0, 0.05) is 32.4 Å². The summed E-state index contributed by atoms with van der Waals surface area (Å²) in [4.78, 5) is 6.72.